The Morgan fingerprint density at radius 1 is 1.12 bits per heavy atom. The van der Waals surface area contributed by atoms with Gasteiger partial charge in [0.15, 0.2) is 11.5 Å². The summed E-state index contributed by atoms with van der Waals surface area (Å²) in [6.45, 7) is 0. The zero-order valence-corrected chi connectivity index (χ0v) is 10.2. The molecule has 2 nitrogen and oxygen atoms in total. The molecule has 0 atom stereocenters. The SMILES string of the molecule is [2H]C([2H])([2H])Oc1cccc(Oc2ccc(Br)cc2)c1F. The van der Waals surface area contributed by atoms with Gasteiger partial charge in [-0.1, -0.05) is 22.0 Å². The summed E-state index contributed by atoms with van der Waals surface area (Å²) < 4.78 is 45.8. The summed E-state index contributed by atoms with van der Waals surface area (Å²) in [6.07, 6.45) is 0. The predicted octanol–water partition coefficient (Wildman–Crippen LogP) is 4.39. The monoisotopic (exact) mass is 299 g/mol. The average molecular weight is 300 g/mol. The Kier molecular flexibility index (Phi) is 2.60. The van der Waals surface area contributed by atoms with Crippen molar-refractivity contribution in [1.29, 1.82) is 0 Å². The molecule has 0 aromatic heterocycles. The molecule has 0 amide bonds. The van der Waals surface area contributed by atoms with Crippen molar-refractivity contribution in [2.75, 3.05) is 7.04 Å². The third-order valence-electron chi connectivity index (χ3n) is 2.08. The van der Waals surface area contributed by atoms with E-state index in [4.69, 9.17) is 8.85 Å². The van der Waals surface area contributed by atoms with E-state index in [2.05, 4.69) is 20.7 Å². The molecule has 0 spiro atoms. The first-order chi connectivity index (χ1) is 9.35. The Balaban J connectivity index is 2.24. The second kappa shape index (κ2) is 5.19. The Morgan fingerprint density at radius 2 is 1.82 bits per heavy atom. The maximum Gasteiger partial charge on any atom is 0.207 e. The maximum atomic E-state index is 14.1. The molecule has 0 unspecified atom stereocenters. The van der Waals surface area contributed by atoms with E-state index in [1.807, 2.05) is 0 Å². The van der Waals surface area contributed by atoms with Crippen molar-refractivity contribution >= 4 is 15.9 Å². The van der Waals surface area contributed by atoms with Crippen LogP contribution in [-0.2, 0) is 0 Å². The topological polar surface area (TPSA) is 18.5 Å². The normalized spacial score (nSPS) is 13.4. The van der Waals surface area contributed by atoms with E-state index >= 15 is 0 Å². The van der Waals surface area contributed by atoms with Crippen molar-refractivity contribution in [2.24, 2.45) is 0 Å². The van der Waals surface area contributed by atoms with Crippen molar-refractivity contribution in [3.63, 3.8) is 0 Å². The van der Waals surface area contributed by atoms with Gasteiger partial charge in [-0.15, -0.1) is 0 Å². The van der Waals surface area contributed by atoms with E-state index < -0.39 is 12.9 Å². The van der Waals surface area contributed by atoms with Crippen LogP contribution in [0.4, 0.5) is 4.39 Å². The number of ether oxygens (including phenoxy) is 2. The van der Waals surface area contributed by atoms with Gasteiger partial charge in [-0.3, -0.25) is 0 Å². The van der Waals surface area contributed by atoms with Crippen LogP contribution in [-0.4, -0.2) is 7.04 Å². The minimum Gasteiger partial charge on any atom is -0.494 e. The fourth-order valence-corrected chi connectivity index (χ4v) is 1.54. The Hall–Kier alpha value is -1.55. The molecule has 0 N–H and O–H groups in total. The van der Waals surface area contributed by atoms with Gasteiger partial charge < -0.3 is 9.47 Å². The van der Waals surface area contributed by atoms with E-state index in [0.29, 0.717) is 5.75 Å². The van der Waals surface area contributed by atoms with Crippen LogP contribution in [0.5, 0.6) is 17.2 Å². The van der Waals surface area contributed by atoms with Gasteiger partial charge in [-0.2, -0.15) is 4.39 Å². The lowest BCUT2D eigenvalue weighted by Gasteiger charge is -2.09. The number of rotatable bonds is 3. The van der Waals surface area contributed by atoms with E-state index in [0.717, 1.165) is 4.47 Å². The molecule has 0 aliphatic carbocycles. The molecule has 4 heteroatoms. The van der Waals surface area contributed by atoms with Gasteiger partial charge in [0.2, 0.25) is 5.82 Å². The molecule has 0 aliphatic rings. The maximum absolute atomic E-state index is 14.1. The number of hydrogen-bond acceptors (Lipinski definition) is 2. The highest BCUT2D eigenvalue weighted by atomic mass is 79.9. The molecular weight excluding hydrogens is 287 g/mol. The third-order valence-corrected chi connectivity index (χ3v) is 2.61. The second-order valence-electron chi connectivity index (χ2n) is 3.23. The van der Waals surface area contributed by atoms with E-state index in [1.54, 1.807) is 24.3 Å². The summed E-state index contributed by atoms with van der Waals surface area (Å²) in [6, 6.07) is 10.9. The van der Waals surface area contributed by atoms with Gasteiger partial charge in [-0.25, -0.2) is 0 Å². The van der Waals surface area contributed by atoms with Crippen molar-refractivity contribution in [1.82, 2.24) is 0 Å². The van der Waals surface area contributed by atoms with E-state index in [9.17, 15) is 4.39 Å². The molecule has 88 valence electrons. The van der Waals surface area contributed by atoms with Gasteiger partial charge in [0.1, 0.15) is 5.75 Å². The zero-order chi connectivity index (χ0) is 14.8. The molecule has 0 aliphatic heterocycles. The Labute approximate surface area is 111 Å². The highest BCUT2D eigenvalue weighted by Crippen LogP contribution is 2.30. The molecule has 2 aromatic carbocycles. The van der Waals surface area contributed by atoms with Crippen molar-refractivity contribution in [3.8, 4) is 17.2 Å². The van der Waals surface area contributed by atoms with Gasteiger partial charge >= 0.3 is 0 Å². The molecule has 0 radical (unpaired) electrons. The summed E-state index contributed by atoms with van der Waals surface area (Å²) >= 11 is 3.28. The number of halogens is 2. The number of benzene rings is 2. The van der Waals surface area contributed by atoms with E-state index in [1.165, 1.54) is 18.2 Å². The minimum absolute atomic E-state index is 0.103. The van der Waals surface area contributed by atoms with Crippen molar-refractivity contribution in [3.05, 3.63) is 52.8 Å². The van der Waals surface area contributed by atoms with Crippen molar-refractivity contribution < 1.29 is 18.0 Å². The smallest absolute Gasteiger partial charge is 0.207 e. The molecule has 0 saturated heterocycles. The third kappa shape index (κ3) is 2.77. The first-order valence-corrected chi connectivity index (χ1v) is 5.55. The Morgan fingerprint density at radius 3 is 2.53 bits per heavy atom. The fraction of sp³-hybridized carbons (Fsp3) is 0.0769. The summed E-state index contributed by atoms with van der Waals surface area (Å²) in [5, 5.41) is 0. The second-order valence-corrected chi connectivity index (χ2v) is 4.14. The average Bonchev–Trinajstić information content (AvgIpc) is 2.35. The quantitative estimate of drug-likeness (QED) is 0.837. The Bertz CT molecular complexity index is 600. The highest BCUT2D eigenvalue weighted by Gasteiger charge is 2.09. The molecule has 2 rings (SSSR count). The molecular formula is C13H10BrFO2. The van der Waals surface area contributed by atoms with Crippen LogP contribution in [0, 0.1) is 5.82 Å². The van der Waals surface area contributed by atoms with Gasteiger partial charge in [0.25, 0.3) is 0 Å². The molecule has 0 fully saturated rings. The molecule has 0 bridgehead atoms. The lowest BCUT2D eigenvalue weighted by Crippen LogP contribution is -1.92. The summed E-state index contributed by atoms with van der Waals surface area (Å²) in [5.41, 5.74) is 0. The zero-order valence-electron chi connectivity index (χ0n) is 11.6. The molecule has 0 saturated carbocycles. The van der Waals surface area contributed by atoms with Crippen LogP contribution in [0.1, 0.15) is 4.11 Å². The van der Waals surface area contributed by atoms with Crippen LogP contribution in [0.3, 0.4) is 0 Å². The molecule has 2 aromatic rings. The van der Waals surface area contributed by atoms with Crippen LogP contribution < -0.4 is 9.47 Å². The summed E-state index contributed by atoms with van der Waals surface area (Å²) in [7, 11) is -2.71. The van der Waals surface area contributed by atoms with Crippen molar-refractivity contribution in [2.45, 2.75) is 0 Å². The summed E-state index contributed by atoms with van der Waals surface area (Å²) in [5.74, 6) is -0.904. The molecule has 0 heterocycles. The van der Waals surface area contributed by atoms with Crippen LogP contribution in [0.25, 0.3) is 0 Å². The van der Waals surface area contributed by atoms with Crippen LogP contribution in [0.2, 0.25) is 0 Å². The predicted molar refractivity (Wildman–Crippen MR) is 67.2 cm³/mol. The summed E-state index contributed by atoms with van der Waals surface area (Å²) in [4.78, 5) is 0. The fourth-order valence-electron chi connectivity index (χ4n) is 1.28. The van der Waals surface area contributed by atoms with E-state index in [-0.39, 0.29) is 11.5 Å². The van der Waals surface area contributed by atoms with Gasteiger partial charge in [0, 0.05) is 4.47 Å². The standard InChI is InChI=1S/C13H10BrFO2/c1-16-11-3-2-4-12(13(11)15)17-10-7-5-9(14)6-8-10/h2-8H,1H3/i1D3. The number of hydrogen-bond donors (Lipinski definition) is 0. The number of methoxy groups -OCH3 is 1. The largest absolute Gasteiger partial charge is 0.494 e. The van der Waals surface area contributed by atoms with Gasteiger partial charge in [-0.05, 0) is 36.4 Å². The van der Waals surface area contributed by atoms with Gasteiger partial charge in [0.05, 0.1) is 11.2 Å². The first-order valence-electron chi connectivity index (χ1n) is 6.26. The minimum atomic E-state index is -2.71. The van der Waals surface area contributed by atoms with Crippen LogP contribution in [0.15, 0.2) is 46.9 Å². The lowest BCUT2D eigenvalue weighted by molar-refractivity contribution is 0.368. The molecule has 17 heavy (non-hydrogen) atoms. The lowest BCUT2D eigenvalue weighted by atomic mass is 10.3. The highest BCUT2D eigenvalue weighted by molar-refractivity contribution is 9.10. The first kappa shape index (κ1) is 8.53. The van der Waals surface area contributed by atoms with Crippen LogP contribution >= 0.6 is 15.9 Å².